The van der Waals surface area contributed by atoms with Gasteiger partial charge in [-0.3, -0.25) is 0 Å². The van der Waals surface area contributed by atoms with Crippen LogP contribution in [0.5, 0.6) is 0 Å². The van der Waals surface area contributed by atoms with E-state index in [1.807, 2.05) is 10.7 Å². The first-order chi connectivity index (χ1) is 9.72. The van der Waals surface area contributed by atoms with Crippen molar-refractivity contribution >= 4 is 0 Å². The van der Waals surface area contributed by atoms with E-state index in [0.717, 1.165) is 17.8 Å². The Kier molecular flexibility index (Phi) is 2.68. The summed E-state index contributed by atoms with van der Waals surface area (Å²) < 4.78 is 7.22. The summed E-state index contributed by atoms with van der Waals surface area (Å²) in [5.74, 6) is 2.70. The molecule has 0 aromatic carbocycles. The molecule has 0 aliphatic heterocycles. The zero-order chi connectivity index (χ0) is 13.7. The number of nitriles is 1. The van der Waals surface area contributed by atoms with Gasteiger partial charge in [-0.15, -0.1) is 0 Å². The van der Waals surface area contributed by atoms with Gasteiger partial charge < -0.3 is 4.74 Å². The van der Waals surface area contributed by atoms with Crippen LogP contribution >= 0.6 is 0 Å². The smallest absolute Gasteiger partial charge is 0.162 e. The predicted molar refractivity (Wildman–Crippen MR) is 73.8 cm³/mol. The predicted octanol–water partition coefficient (Wildman–Crippen LogP) is 2.83. The standard InChI is InChI=1S/C16H21N3O/c1-20-10-19-15(5-14(9-17)18-19)16-6-11-2-12(7-16)4-13(3-11)8-16/h5,11-13H,2-4,6-8,10H2,1H3. The molecule has 0 spiro atoms. The average Bonchev–Trinajstić information content (AvgIpc) is 2.81. The molecule has 4 fully saturated rings. The summed E-state index contributed by atoms with van der Waals surface area (Å²) in [6.07, 6.45) is 8.17. The molecule has 4 heteroatoms. The summed E-state index contributed by atoms with van der Waals surface area (Å²) in [5.41, 5.74) is 2.07. The van der Waals surface area contributed by atoms with Crippen molar-refractivity contribution in [1.29, 1.82) is 5.26 Å². The van der Waals surface area contributed by atoms with Crippen LogP contribution in [0.25, 0.3) is 0 Å². The molecule has 0 N–H and O–H groups in total. The van der Waals surface area contributed by atoms with Crippen LogP contribution in [0, 0.1) is 29.1 Å². The molecule has 1 aromatic rings. The molecular formula is C16H21N3O. The van der Waals surface area contributed by atoms with E-state index in [-0.39, 0.29) is 5.41 Å². The monoisotopic (exact) mass is 271 g/mol. The molecule has 4 saturated carbocycles. The van der Waals surface area contributed by atoms with Crippen molar-refractivity contribution in [1.82, 2.24) is 9.78 Å². The maximum absolute atomic E-state index is 9.16. The van der Waals surface area contributed by atoms with E-state index in [1.165, 1.54) is 44.2 Å². The molecule has 0 atom stereocenters. The van der Waals surface area contributed by atoms with Crippen molar-refractivity contribution in [3.05, 3.63) is 17.5 Å². The Balaban J connectivity index is 1.76. The number of ether oxygens (including phenoxy) is 1. The average molecular weight is 271 g/mol. The minimum absolute atomic E-state index is 0.273. The van der Waals surface area contributed by atoms with Crippen molar-refractivity contribution in [2.24, 2.45) is 17.8 Å². The molecule has 0 radical (unpaired) electrons. The van der Waals surface area contributed by atoms with Crippen LogP contribution in [0.1, 0.15) is 49.9 Å². The lowest BCUT2D eigenvalue weighted by atomic mass is 9.49. The van der Waals surface area contributed by atoms with Gasteiger partial charge in [0, 0.05) is 18.2 Å². The summed E-state index contributed by atoms with van der Waals surface area (Å²) in [6.45, 7) is 0.457. The molecule has 4 aliphatic rings. The molecule has 0 saturated heterocycles. The third-order valence-electron chi connectivity index (χ3n) is 5.73. The molecule has 0 amide bonds. The van der Waals surface area contributed by atoms with E-state index in [1.54, 1.807) is 7.11 Å². The van der Waals surface area contributed by atoms with Crippen molar-refractivity contribution in [3.8, 4) is 6.07 Å². The molecule has 4 aliphatic carbocycles. The highest BCUT2D eigenvalue weighted by Gasteiger charge is 2.53. The van der Waals surface area contributed by atoms with Crippen molar-refractivity contribution < 1.29 is 4.74 Å². The highest BCUT2D eigenvalue weighted by atomic mass is 16.5. The second-order valence-electron chi connectivity index (χ2n) is 7.14. The van der Waals surface area contributed by atoms with Crippen LogP contribution in [0.15, 0.2) is 6.07 Å². The minimum atomic E-state index is 0.273. The van der Waals surface area contributed by atoms with E-state index in [2.05, 4.69) is 11.2 Å². The zero-order valence-electron chi connectivity index (χ0n) is 12.0. The quantitative estimate of drug-likeness (QED) is 0.849. The van der Waals surface area contributed by atoms with Crippen LogP contribution < -0.4 is 0 Å². The molecule has 106 valence electrons. The maximum atomic E-state index is 9.16. The van der Waals surface area contributed by atoms with Gasteiger partial charge in [0.2, 0.25) is 0 Å². The van der Waals surface area contributed by atoms with Gasteiger partial charge in [-0.2, -0.15) is 10.4 Å². The lowest BCUT2D eigenvalue weighted by molar-refractivity contribution is -0.0128. The normalized spacial score (nSPS) is 38.1. The summed E-state index contributed by atoms with van der Waals surface area (Å²) in [4.78, 5) is 0. The third-order valence-corrected chi connectivity index (χ3v) is 5.73. The number of methoxy groups -OCH3 is 1. The van der Waals surface area contributed by atoms with Gasteiger partial charge in [0.1, 0.15) is 12.8 Å². The van der Waals surface area contributed by atoms with Crippen LogP contribution in [0.3, 0.4) is 0 Å². The number of hydrogen-bond donors (Lipinski definition) is 0. The molecule has 20 heavy (non-hydrogen) atoms. The Hall–Kier alpha value is -1.34. The zero-order valence-corrected chi connectivity index (χ0v) is 12.0. The largest absolute Gasteiger partial charge is 0.362 e. The highest BCUT2D eigenvalue weighted by molar-refractivity contribution is 5.30. The molecular weight excluding hydrogens is 250 g/mol. The van der Waals surface area contributed by atoms with Crippen molar-refractivity contribution in [2.75, 3.05) is 7.11 Å². The SMILES string of the molecule is COCn1nc(C#N)cc1C12CC3CC(CC(C3)C1)C2. The van der Waals surface area contributed by atoms with E-state index < -0.39 is 0 Å². The Morgan fingerprint density at radius 2 is 1.90 bits per heavy atom. The fourth-order valence-electron chi connectivity index (χ4n) is 5.54. The topological polar surface area (TPSA) is 50.8 Å². The molecule has 0 unspecified atom stereocenters. The van der Waals surface area contributed by atoms with Gasteiger partial charge in [0.25, 0.3) is 0 Å². The first kappa shape index (κ1) is 12.4. The molecule has 4 bridgehead atoms. The van der Waals surface area contributed by atoms with E-state index in [4.69, 9.17) is 10.00 Å². The fourth-order valence-corrected chi connectivity index (χ4v) is 5.54. The highest BCUT2D eigenvalue weighted by Crippen LogP contribution is 2.60. The fraction of sp³-hybridized carbons (Fsp3) is 0.750. The van der Waals surface area contributed by atoms with Gasteiger partial charge in [-0.05, 0) is 62.3 Å². The number of rotatable bonds is 3. The number of aromatic nitrogens is 2. The van der Waals surface area contributed by atoms with Crippen molar-refractivity contribution in [3.63, 3.8) is 0 Å². The summed E-state index contributed by atoms with van der Waals surface area (Å²) in [6, 6.07) is 4.21. The van der Waals surface area contributed by atoms with Gasteiger partial charge >= 0.3 is 0 Å². The Morgan fingerprint density at radius 3 is 2.40 bits per heavy atom. The number of nitrogens with zero attached hydrogens (tertiary/aromatic N) is 3. The van der Waals surface area contributed by atoms with Gasteiger partial charge in [0.15, 0.2) is 5.69 Å². The van der Waals surface area contributed by atoms with E-state index >= 15 is 0 Å². The summed E-state index contributed by atoms with van der Waals surface area (Å²) >= 11 is 0. The second-order valence-corrected chi connectivity index (χ2v) is 7.14. The third kappa shape index (κ3) is 1.73. The lowest BCUT2D eigenvalue weighted by Gasteiger charge is -2.56. The molecule has 4 nitrogen and oxygen atoms in total. The van der Waals surface area contributed by atoms with Crippen LogP contribution in [0.4, 0.5) is 0 Å². The lowest BCUT2D eigenvalue weighted by Crippen LogP contribution is -2.49. The van der Waals surface area contributed by atoms with Gasteiger partial charge in [-0.25, -0.2) is 4.68 Å². The second kappa shape index (κ2) is 4.33. The Labute approximate surface area is 119 Å². The minimum Gasteiger partial charge on any atom is -0.362 e. The first-order valence-corrected chi connectivity index (χ1v) is 7.70. The van der Waals surface area contributed by atoms with E-state index in [9.17, 15) is 0 Å². The molecule has 1 heterocycles. The van der Waals surface area contributed by atoms with Crippen LogP contribution in [-0.4, -0.2) is 16.9 Å². The summed E-state index contributed by atoms with van der Waals surface area (Å²) in [7, 11) is 1.69. The summed E-state index contributed by atoms with van der Waals surface area (Å²) in [5, 5.41) is 13.6. The van der Waals surface area contributed by atoms with Crippen molar-refractivity contribution in [2.45, 2.75) is 50.7 Å². The van der Waals surface area contributed by atoms with Crippen LogP contribution in [-0.2, 0) is 16.9 Å². The van der Waals surface area contributed by atoms with Gasteiger partial charge in [0.05, 0.1) is 0 Å². The maximum Gasteiger partial charge on any atom is 0.162 e. The van der Waals surface area contributed by atoms with Gasteiger partial charge in [-0.1, -0.05) is 0 Å². The molecule has 1 aromatic heterocycles. The molecule has 5 rings (SSSR count). The van der Waals surface area contributed by atoms with Crippen LogP contribution in [0.2, 0.25) is 0 Å². The van der Waals surface area contributed by atoms with E-state index in [0.29, 0.717) is 12.4 Å². The number of hydrogen-bond acceptors (Lipinski definition) is 3. The Morgan fingerprint density at radius 1 is 1.30 bits per heavy atom. The Bertz CT molecular complexity index is 533. The first-order valence-electron chi connectivity index (χ1n) is 7.70.